The number of aliphatic hydroxyl groups excluding tert-OH is 3. The molecule has 8 nitrogen and oxygen atoms in total. The molecule has 19 heavy (non-hydrogen) atoms. The van der Waals surface area contributed by atoms with Crippen molar-refractivity contribution in [3.8, 4) is 0 Å². The van der Waals surface area contributed by atoms with Crippen LogP contribution in [0.2, 0.25) is 0 Å². The molecule has 2 rings (SSSR count). The predicted octanol–water partition coefficient (Wildman–Crippen LogP) is -2.38. The second kappa shape index (κ2) is 5.08. The SMILES string of the molecule is NC(=O)c1nccn(C2CC(CO)C(O)C2O)c1=O. The molecule has 1 fully saturated rings. The lowest BCUT2D eigenvalue weighted by Gasteiger charge is -2.19. The molecule has 0 radical (unpaired) electrons. The molecule has 1 aromatic heterocycles. The van der Waals surface area contributed by atoms with Gasteiger partial charge in [0, 0.05) is 24.9 Å². The van der Waals surface area contributed by atoms with Crippen LogP contribution in [-0.2, 0) is 0 Å². The van der Waals surface area contributed by atoms with E-state index < -0.39 is 41.3 Å². The number of hydrogen-bond donors (Lipinski definition) is 4. The van der Waals surface area contributed by atoms with Crippen LogP contribution in [0.4, 0.5) is 0 Å². The van der Waals surface area contributed by atoms with Gasteiger partial charge in [-0.05, 0) is 6.42 Å². The summed E-state index contributed by atoms with van der Waals surface area (Å²) in [5.74, 6) is -1.47. The Labute approximate surface area is 108 Å². The molecular formula is C11H15N3O5. The highest BCUT2D eigenvalue weighted by Gasteiger charge is 2.42. The van der Waals surface area contributed by atoms with Crippen molar-refractivity contribution in [3.05, 3.63) is 28.4 Å². The van der Waals surface area contributed by atoms with E-state index in [4.69, 9.17) is 10.8 Å². The summed E-state index contributed by atoms with van der Waals surface area (Å²) in [5.41, 5.74) is 3.89. The zero-order chi connectivity index (χ0) is 14.2. The van der Waals surface area contributed by atoms with Crippen molar-refractivity contribution in [1.29, 1.82) is 0 Å². The molecule has 0 aliphatic heterocycles. The molecule has 1 aliphatic carbocycles. The molecule has 5 N–H and O–H groups in total. The van der Waals surface area contributed by atoms with E-state index >= 15 is 0 Å². The molecule has 1 aromatic rings. The molecule has 104 valence electrons. The lowest BCUT2D eigenvalue weighted by atomic mass is 10.1. The largest absolute Gasteiger partial charge is 0.396 e. The van der Waals surface area contributed by atoms with Gasteiger partial charge in [0.25, 0.3) is 11.5 Å². The number of primary amides is 1. The Kier molecular flexibility index (Phi) is 3.65. The Morgan fingerprint density at radius 1 is 1.47 bits per heavy atom. The van der Waals surface area contributed by atoms with Gasteiger partial charge >= 0.3 is 0 Å². The van der Waals surface area contributed by atoms with E-state index in [1.165, 1.54) is 12.4 Å². The molecule has 0 aromatic carbocycles. The fourth-order valence-corrected chi connectivity index (χ4v) is 2.41. The minimum Gasteiger partial charge on any atom is -0.396 e. The summed E-state index contributed by atoms with van der Waals surface area (Å²) in [5, 5.41) is 28.7. The Balaban J connectivity index is 2.41. The van der Waals surface area contributed by atoms with Gasteiger partial charge in [0.15, 0.2) is 5.69 Å². The van der Waals surface area contributed by atoms with Gasteiger partial charge in [-0.2, -0.15) is 0 Å². The highest BCUT2D eigenvalue weighted by molar-refractivity contribution is 5.90. The second-order valence-electron chi connectivity index (χ2n) is 4.58. The van der Waals surface area contributed by atoms with Crippen molar-refractivity contribution >= 4 is 5.91 Å². The van der Waals surface area contributed by atoms with Crippen molar-refractivity contribution in [2.75, 3.05) is 6.61 Å². The number of amides is 1. The molecule has 4 atom stereocenters. The first kappa shape index (κ1) is 13.7. The summed E-state index contributed by atoms with van der Waals surface area (Å²) in [6, 6.07) is -0.722. The molecular weight excluding hydrogens is 254 g/mol. The highest BCUT2D eigenvalue weighted by atomic mass is 16.3. The summed E-state index contributed by atoms with van der Waals surface area (Å²) in [7, 11) is 0. The van der Waals surface area contributed by atoms with E-state index in [1.54, 1.807) is 0 Å². The summed E-state index contributed by atoms with van der Waals surface area (Å²) >= 11 is 0. The van der Waals surface area contributed by atoms with E-state index in [-0.39, 0.29) is 13.0 Å². The van der Waals surface area contributed by atoms with Crippen LogP contribution in [-0.4, -0.2) is 49.6 Å². The van der Waals surface area contributed by atoms with Crippen LogP contribution in [0.25, 0.3) is 0 Å². The zero-order valence-corrected chi connectivity index (χ0v) is 10.0. The van der Waals surface area contributed by atoms with Crippen molar-refractivity contribution in [2.24, 2.45) is 11.7 Å². The maximum Gasteiger partial charge on any atom is 0.282 e. The molecule has 0 bridgehead atoms. The highest BCUT2D eigenvalue weighted by Crippen LogP contribution is 2.34. The van der Waals surface area contributed by atoms with E-state index in [0.29, 0.717) is 0 Å². The Bertz CT molecular complexity index is 543. The summed E-state index contributed by atoms with van der Waals surface area (Å²) in [4.78, 5) is 26.6. The topological polar surface area (TPSA) is 139 Å². The number of aromatic nitrogens is 2. The Hall–Kier alpha value is -1.77. The molecule has 4 unspecified atom stereocenters. The molecule has 1 heterocycles. The van der Waals surface area contributed by atoms with Crippen molar-refractivity contribution < 1.29 is 20.1 Å². The standard InChI is InChI=1S/C11H15N3O5/c12-10(18)7-11(19)14(2-1-13-7)6-3-5(4-15)8(16)9(6)17/h1-2,5-6,8-9,15-17H,3-4H2,(H2,12,18). The van der Waals surface area contributed by atoms with Gasteiger partial charge in [0.1, 0.15) is 6.10 Å². The summed E-state index contributed by atoms with van der Waals surface area (Å²) < 4.78 is 1.12. The first-order chi connectivity index (χ1) is 8.97. The third kappa shape index (κ3) is 2.25. The maximum absolute atomic E-state index is 12.0. The normalized spacial score (nSPS) is 30.5. The smallest absolute Gasteiger partial charge is 0.282 e. The first-order valence-corrected chi connectivity index (χ1v) is 5.81. The molecule has 1 aliphatic rings. The average molecular weight is 269 g/mol. The van der Waals surface area contributed by atoms with Crippen molar-refractivity contribution in [1.82, 2.24) is 9.55 Å². The fourth-order valence-electron chi connectivity index (χ4n) is 2.41. The van der Waals surface area contributed by atoms with E-state index in [1.807, 2.05) is 0 Å². The van der Waals surface area contributed by atoms with Gasteiger partial charge in [0.2, 0.25) is 0 Å². The lowest BCUT2D eigenvalue weighted by Crippen LogP contribution is -2.37. The molecule has 0 saturated heterocycles. The zero-order valence-electron chi connectivity index (χ0n) is 10.0. The lowest BCUT2D eigenvalue weighted by molar-refractivity contribution is -0.00446. The minimum absolute atomic E-state index is 0.223. The van der Waals surface area contributed by atoms with Crippen molar-refractivity contribution in [2.45, 2.75) is 24.7 Å². The van der Waals surface area contributed by atoms with Crippen LogP contribution in [0.1, 0.15) is 23.0 Å². The Morgan fingerprint density at radius 2 is 2.16 bits per heavy atom. The predicted molar refractivity (Wildman–Crippen MR) is 63.3 cm³/mol. The van der Waals surface area contributed by atoms with Crippen LogP contribution >= 0.6 is 0 Å². The number of rotatable bonds is 3. The third-order valence-corrected chi connectivity index (χ3v) is 3.46. The average Bonchev–Trinajstić information content (AvgIpc) is 2.66. The van der Waals surface area contributed by atoms with E-state index in [9.17, 15) is 19.8 Å². The van der Waals surface area contributed by atoms with Gasteiger partial charge in [-0.15, -0.1) is 0 Å². The fraction of sp³-hybridized carbons (Fsp3) is 0.545. The van der Waals surface area contributed by atoms with Crippen molar-refractivity contribution in [3.63, 3.8) is 0 Å². The number of nitrogens with two attached hydrogens (primary N) is 1. The van der Waals surface area contributed by atoms with Crippen LogP contribution in [0.15, 0.2) is 17.2 Å². The molecule has 8 heteroatoms. The van der Waals surface area contributed by atoms with Gasteiger partial charge in [-0.25, -0.2) is 4.98 Å². The summed E-state index contributed by atoms with van der Waals surface area (Å²) in [6.45, 7) is -0.294. The van der Waals surface area contributed by atoms with E-state index in [0.717, 1.165) is 4.57 Å². The molecule has 1 saturated carbocycles. The number of aliphatic hydroxyl groups is 3. The van der Waals surface area contributed by atoms with Crippen LogP contribution in [0, 0.1) is 5.92 Å². The van der Waals surface area contributed by atoms with Crippen LogP contribution < -0.4 is 11.3 Å². The first-order valence-electron chi connectivity index (χ1n) is 5.81. The molecule has 0 spiro atoms. The quantitative estimate of drug-likeness (QED) is 0.483. The van der Waals surface area contributed by atoms with E-state index in [2.05, 4.69) is 4.98 Å². The van der Waals surface area contributed by atoms with Crippen LogP contribution in [0.3, 0.4) is 0 Å². The maximum atomic E-state index is 12.0. The van der Waals surface area contributed by atoms with Gasteiger partial charge in [-0.1, -0.05) is 0 Å². The van der Waals surface area contributed by atoms with Gasteiger partial charge < -0.3 is 25.6 Å². The Morgan fingerprint density at radius 3 is 2.68 bits per heavy atom. The number of carbonyl (C=O) groups is 1. The summed E-state index contributed by atoms with van der Waals surface area (Å²) in [6.07, 6.45) is 0.452. The number of hydrogen-bond acceptors (Lipinski definition) is 6. The number of carbonyl (C=O) groups excluding carboxylic acids is 1. The third-order valence-electron chi connectivity index (χ3n) is 3.46. The second-order valence-corrected chi connectivity index (χ2v) is 4.58. The monoisotopic (exact) mass is 269 g/mol. The number of nitrogens with zero attached hydrogens (tertiary/aromatic N) is 2. The van der Waals surface area contributed by atoms with Crippen LogP contribution in [0.5, 0.6) is 0 Å². The van der Waals surface area contributed by atoms with Gasteiger partial charge in [-0.3, -0.25) is 9.59 Å². The van der Waals surface area contributed by atoms with Gasteiger partial charge in [0.05, 0.1) is 12.1 Å². The molecule has 1 amide bonds. The minimum atomic E-state index is -1.20.